The maximum atomic E-state index is 13.5. The molecule has 0 bridgehead atoms. The van der Waals surface area contributed by atoms with Gasteiger partial charge in [-0.3, -0.25) is 9.69 Å². The predicted molar refractivity (Wildman–Crippen MR) is 99.0 cm³/mol. The van der Waals surface area contributed by atoms with Gasteiger partial charge >= 0.3 is 0 Å². The smallest absolute Gasteiger partial charge is 0.195 e. The summed E-state index contributed by atoms with van der Waals surface area (Å²) < 4.78 is 21.0. The number of ketones is 1. The third-order valence-corrected chi connectivity index (χ3v) is 4.88. The van der Waals surface area contributed by atoms with E-state index in [1.807, 2.05) is 30.5 Å². The third kappa shape index (κ3) is 3.41. The van der Waals surface area contributed by atoms with E-state index < -0.39 is 5.82 Å². The van der Waals surface area contributed by atoms with Gasteiger partial charge in [0.2, 0.25) is 0 Å². The number of carbonyl (C=O) groups is 1. The zero-order chi connectivity index (χ0) is 17.9. The fourth-order valence-electron chi connectivity index (χ4n) is 3.47. The van der Waals surface area contributed by atoms with Crippen LogP contribution in [0.25, 0.3) is 10.9 Å². The molecule has 1 aliphatic rings. The zero-order valence-electron chi connectivity index (χ0n) is 14.5. The van der Waals surface area contributed by atoms with Crippen molar-refractivity contribution >= 4 is 16.7 Å². The van der Waals surface area contributed by atoms with Crippen LogP contribution in [0.4, 0.5) is 4.39 Å². The first-order valence-electron chi connectivity index (χ1n) is 8.90. The van der Waals surface area contributed by atoms with Crippen LogP contribution >= 0.6 is 0 Å². The number of hydrogen-bond donors (Lipinski definition) is 0. The summed E-state index contributed by atoms with van der Waals surface area (Å²) in [6.45, 7) is 5.14. The lowest BCUT2D eigenvalue weighted by molar-refractivity contribution is 0.0365. The first-order valence-corrected chi connectivity index (χ1v) is 8.90. The SMILES string of the molecule is O=C(c1cccc(F)c1)c1cn(CCN2CCOCC2)c2ccccc12. The molecule has 1 fully saturated rings. The van der Waals surface area contributed by atoms with Gasteiger partial charge in [-0.25, -0.2) is 4.39 Å². The molecule has 0 aliphatic carbocycles. The molecule has 0 spiro atoms. The lowest BCUT2D eigenvalue weighted by Crippen LogP contribution is -2.38. The number of halogens is 1. The Morgan fingerprint density at radius 2 is 1.85 bits per heavy atom. The van der Waals surface area contributed by atoms with Crippen LogP contribution in [-0.4, -0.2) is 48.1 Å². The summed E-state index contributed by atoms with van der Waals surface area (Å²) in [4.78, 5) is 15.3. The van der Waals surface area contributed by atoms with Crippen molar-refractivity contribution in [3.63, 3.8) is 0 Å². The Balaban J connectivity index is 1.64. The van der Waals surface area contributed by atoms with Crippen molar-refractivity contribution in [2.24, 2.45) is 0 Å². The molecule has 0 amide bonds. The molecule has 5 heteroatoms. The minimum atomic E-state index is -0.396. The summed E-state index contributed by atoms with van der Waals surface area (Å²) in [7, 11) is 0. The van der Waals surface area contributed by atoms with Gasteiger partial charge in [0, 0.05) is 54.4 Å². The molecule has 4 nitrogen and oxygen atoms in total. The maximum Gasteiger partial charge on any atom is 0.195 e. The van der Waals surface area contributed by atoms with Gasteiger partial charge in [0.1, 0.15) is 5.82 Å². The summed E-state index contributed by atoms with van der Waals surface area (Å²) in [5, 5.41) is 0.906. The number of para-hydroxylation sites is 1. The Hall–Kier alpha value is -2.50. The number of aromatic nitrogens is 1. The molecule has 4 rings (SSSR count). The quantitative estimate of drug-likeness (QED) is 0.661. The van der Waals surface area contributed by atoms with Crippen LogP contribution in [0.2, 0.25) is 0 Å². The van der Waals surface area contributed by atoms with Gasteiger partial charge < -0.3 is 9.30 Å². The molecule has 3 aromatic rings. The fourth-order valence-corrected chi connectivity index (χ4v) is 3.47. The van der Waals surface area contributed by atoms with E-state index in [4.69, 9.17) is 4.74 Å². The molecule has 1 saturated heterocycles. The molecule has 1 aromatic heterocycles. The Labute approximate surface area is 151 Å². The Morgan fingerprint density at radius 1 is 1.04 bits per heavy atom. The van der Waals surface area contributed by atoms with Crippen LogP contribution in [0, 0.1) is 5.82 Å². The number of carbonyl (C=O) groups excluding carboxylic acids is 1. The van der Waals surface area contributed by atoms with E-state index in [2.05, 4.69) is 9.47 Å². The molecular formula is C21H21FN2O2. The van der Waals surface area contributed by atoms with Gasteiger partial charge in [-0.1, -0.05) is 30.3 Å². The lowest BCUT2D eigenvalue weighted by Gasteiger charge is -2.26. The van der Waals surface area contributed by atoms with E-state index in [0.29, 0.717) is 11.1 Å². The number of benzene rings is 2. The van der Waals surface area contributed by atoms with E-state index in [1.165, 1.54) is 12.1 Å². The number of ether oxygens (including phenoxy) is 1. The summed E-state index contributed by atoms with van der Waals surface area (Å²) in [5.74, 6) is -0.544. The first-order chi connectivity index (χ1) is 12.7. The van der Waals surface area contributed by atoms with Crippen LogP contribution < -0.4 is 0 Å². The molecule has 2 aromatic carbocycles. The van der Waals surface area contributed by atoms with E-state index in [0.717, 1.165) is 50.3 Å². The van der Waals surface area contributed by atoms with E-state index in [-0.39, 0.29) is 5.78 Å². The number of rotatable bonds is 5. The van der Waals surface area contributed by atoms with Crippen molar-refractivity contribution in [3.05, 3.63) is 71.7 Å². The lowest BCUT2D eigenvalue weighted by atomic mass is 10.0. The van der Waals surface area contributed by atoms with Gasteiger partial charge in [-0.05, 0) is 18.2 Å². The summed E-state index contributed by atoms with van der Waals surface area (Å²) >= 11 is 0. The van der Waals surface area contributed by atoms with Crippen LogP contribution in [0.5, 0.6) is 0 Å². The highest BCUT2D eigenvalue weighted by molar-refractivity contribution is 6.16. The van der Waals surface area contributed by atoms with E-state index >= 15 is 0 Å². The van der Waals surface area contributed by atoms with Crippen molar-refractivity contribution in [2.45, 2.75) is 6.54 Å². The van der Waals surface area contributed by atoms with Gasteiger partial charge in [0.05, 0.1) is 13.2 Å². The molecular weight excluding hydrogens is 331 g/mol. The predicted octanol–water partition coefficient (Wildman–Crippen LogP) is 3.34. The molecule has 0 saturated carbocycles. The van der Waals surface area contributed by atoms with Gasteiger partial charge in [-0.2, -0.15) is 0 Å². The second kappa shape index (κ2) is 7.40. The number of morpholine rings is 1. The topological polar surface area (TPSA) is 34.5 Å². The zero-order valence-corrected chi connectivity index (χ0v) is 14.5. The standard InChI is InChI=1S/C21H21FN2O2/c22-17-5-3-4-16(14-17)21(25)19-15-24(20-7-2-1-6-18(19)20)9-8-23-10-12-26-13-11-23/h1-7,14-15H,8-13H2. The van der Waals surface area contributed by atoms with E-state index in [9.17, 15) is 9.18 Å². The van der Waals surface area contributed by atoms with Crippen LogP contribution in [0.15, 0.2) is 54.7 Å². The van der Waals surface area contributed by atoms with Crippen LogP contribution in [-0.2, 0) is 11.3 Å². The van der Waals surface area contributed by atoms with Gasteiger partial charge in [0.25, 0.3) is 0 Å². The van der Waals surface area contributed by atoms with Gasteiger partial charge in [0.15, 0.2) is 5.78 Å². The second-order valence-electron chi connectivity index (χ2n) is 6.55. The Kier molecular flexibility index (Phi) is 4.82. The Bertz CT molecular complexity index is 929. The fraction of sp³-hybridized carbons (Fsp3) is 0.286. The molecule has 0 atom stereocenters. The van der Waals surface area contributed by atoms with Crippen molar-refractivity contribution in [2.75, 3.05) is 32.8 Å². The largest absolute Gasteiger partial charge is 0.379 e. The Morgan fingerprint density at radius 3 is 2.65 bits per heavy atom. The average Bonchev–Trinajstić information content (AvgIpc) is 3.05. The normalized spacial score (nSPS) is 15.4. The number of hydrogen-bond acceptors (Lipinski definition) is 3. The van der Waals surface area contributed by atoms with Crippen molar-refractivity contribution < 1.29 is 13.9 Å². The van der Waals surface area contributed by atoms with E-state index in [1.54, 1.807) is 12.1 Å². The van der Waals surface area contributed by atoms with Crippen LogP contribution in [0.1, 0.15) is 15.9 Å². The second-order valence-corrected chi connectivity index (χ2v) is 6.55. The number of fused-ring (bicyclic) bond motifs is 1. The molecule has 0 unspecified atom stereocenters. The average molecular weight is 352 g/mol. The molecule has 26 heavy (non-hydrogen) atoms. The highest BCUT2D eigenvalue weighted by atomic mass is 19.1. The monoisotopic (exact) mass is 352 g/mol. The maximum absolute atomic E-state index is 13.5. The van der Waals surface area contributed by atoms with Crippen molar-refractivity contribution in [1.82, 2.24) is 9.47 Å². The highest BCUT2D eigenvalue weighted by Gasteiger charge is 2.18. The minimum Gasteiger partial charge on any atom is -0.379 e. The first kappa shape index (κ1) is 16.9. The summed E-state index contributed by atoms with van der Waals surface area (Å²) in [6, 6.07) is 13.8. The highest BCUT2D eigenvalue weighted by Crippen LogP contribution is 2.24. The van der Waals surface area contributed by atoms with Crippen molar-refractivity contribution in [3.8, 4) is 0 Å². The van der Waals surface area contributed by atoms with Crippen LogP contribution in [0.3, 0.4) is 0 Å². The molecule has 0 radical (unpaired) electrons. The molecule has 134 valence electrons. The summed E-state index contributed by atoms with van der Waals surface area (Å²) in [6.07, 6.45) is 1.90. The minimum absolute atomic E-state index is 0.147. The molecule has 1 aliphatic heterocycles. The summed E-state index contributed by atoms with van der Waals surface area (Å²) in [5.41, 5.74) is 2.02. The third-order valence-electron chi connectivity index (χ3n) is 4.88. The number of nitrogens with zero attached hydrogens (tertiary/aromatic N) is 2. The van der Waals surface area contributed by atoms with Crippen molar-refractivity contribution in [1.29, 1.82) is 0 Å². The molecule has 2 heterocycles. The molecule has 0 N–H and O–H groups in total. The van der Waals surface area contributed by atoms with Gasteiger partial charge in [-0.15, -0.1) is 0 Å².